The highest BCUT2D eigenvalue weighted by Gasteiger charge is 2.34. The normalized spacial score (nSPS) is 17.8. The van der Waals surface area contributed by atoms with Crippen LogP contribution in [0.15, 0.2) is 24.3 Å². The monoisotopic (exact) mass is 361 g/mol. The second-order valence-corrected chi connectivity index (χ2v) is 7.86. The number of halogens is 1. The lowest BCUT2D eigenvalue weighted by atomic mass is 10.0. The molecule has 3 rings (SSSR count). The van der Waals surface area contributed by atoms with E-state index in [0.29, 0.717) is 6.54 Å². The van der Waals surface area contributed by atoms with Crippen LogP contribution in [0, 0.1) is 6.92 Å². The molecular weight excluding hydrogens is 338 g/mol. The van der Waals surface area contributed by atoms with Crippen molar-refractivity contribution in [2.24, 2.45) is 0 Å². The molecule has 1 atom stereocenters. The van der Waals surface area contributed by atoms with Gasteiger partial charge in [0.05, 0.1) is 17.4 Å². The second kappa shape index (κ2) is 6.71. The highest BCUT2D eigenvalue weighted by Crippen LogP contribution is 2.35. The van der Waals surface area contributed by atoms with Crippen LogP contribution in [-0.2, 0) is 4.74 Å². The van der Waals surface area contributed by atoms with Crippen molar-refractivity contribution >= 4 is 17.7 Å². The van der Waals surface area contributed by atoms with Gasteiger partial charge in [-0.2, -0.15) is 5.10 Å². The van der Waals surface area contributed by atoms with Crippen LogP contribution in [0.5, 0.6) is 0 Å². The Labute approximate surface area is 153 Å². The quantitative estimate of drug-likeness (QED) is 0.808. The molecule has 0 radical (unpaired) electrons. The molecule has 1 aliphatic rings. The standard InChI is InChI=1S/C19H24ClN3O2/c1-12-13(7-5-8-14(12)20)15-11-16(22-21-15)17-9-6-10-23(17)18(24)25-19(2,3)4/h5,7-8,11,17H,6,9-10H2,1-4H3,(H,21,22). The molecule has 134 valence electrons. The molecule has 1 amide bonds. The molecule has 25 heavy (non-hydrogen) atoms. The van der Waals surface area contributed by atoms with Gasteiger partial charge in [-0.3, -0.25) is 10.00 Å². The fourth-order valence-electron chi connectivity index (χ4n) is 3.16. The van der Waals surface area contributed by atoms with Gasteiger partial charge in [0.1, 0.15) is 5.60 Å². The smallest absolute Gasteiger partial charge is 0.410 e. The number of nitrogens with zero attached hydrogens (tertiary/aromatic N) is 2. The fourth-order valence-corrected chi connectivity index (χ4v) is 3.33. The molecule has 1 fully saturated rings. The highest BCUT2D eigenvalue weighted by molar-refractivity contribution is 6.31. The summed E-state index contributed by atoms with van der Waals surface area (Å²) in [5.74, 6) is 0. The topological polar surface area (TPSA) is 58.2 Å². The Bertz CT molecular complexity index is 779. The maximum Gasteiger partial charge on any atom is 0.410 e. The van der Waals surface area contributed by atoms with Gasteiger partial charge in [0.25, 0.3) is 0 Å². The second-order valence-electron chi connectivity index (χ2n) is 7.45. The molecule has 1 aromatic heterocycles. The predicted octanol–water partition coefficient (Wildman–Crippen LogP) is 5.11. The Hall–Kier alpha value is -2.01. The minimum atomic E-state index is -0.499. The van der Waals surface area contributed by atoms with E-state index in [1.165, 1.54) is 0 Å². The Balaban J connectivity index is 1.84. The maximum atomic E-state index is 12.5. The summed E-state index contributed by atoms with van der Waals surface area (Å²) in [5.41, 5.74) is 3.26. The van der Waals surface area contributed by atoms with Crippen molar-refractivity contribution in [1.82, 2.24) is 15.1 Å². The van der Waals surface area contributed by atoms with E-state index in [1.807, 2.05) is 52.0 Å². The van der Waals surface area contributed by atoms with Gasteiger partial charge in [0, 0.05) is 17.1 Å². The van der Waals surface area contributed by atoms with Crippen molar-refractivity contribution in [2.75, 3.05) is 6.54 Å². The van der Waals surface area contributed by atoms with Crippen LogP contribution in [0.2, 0.25) is 5.02 Å². The minimum Gasteiger partial charge on any atom is -0.444 e. The summed E-state index contributed by atoms with van der Waals surface area (Å²) < 4.78 is 5.53. The molecule has 0 saturated carbocycles. The number of aromatic nitrogens is 2. The number of hydrogen-bond donors (Lipinski definition) is 1. The summed E-state index contributed by atoms with van der Waals surface area (Å²) in [6.07, 6.45) is 1.58. The third-order valence-electron chi connectivity index (χ3n) is 4.38. The molecule has 1 saturated heterocycles. The zero-order valence-corrected chi connectivity index (χ0v) is 15.9. The van der Waals surface area contributed by atoms with Gasteiger partial charge < -0.3 is 4.74 Å². The van der Waals surface area contributed by atoms with E-state index in [0.717, 1.165) is 40.4 Å². The molecule has 1 aromatic carbocycles. The average Bonchev–Trinajstić information content (AvgIpc) is 3.16. The van der Waals surface area contributed by atoms with E-state index in [1.54, 1.807) is 4.90 Å². The number of carbonyl (C=O) groups is 1. The number of hydrogen-bond acceptors (Lipinski definition) is 3. The molecule has 0 spiro atoms. The minimum absolute atomic E-state index is 0.0319. The number of ether oxygens (including phenoxy) is 1. The first-order chi connectivity index (χ1) is 11.8. The first-order valence-electron chi connectivity index (χ1n) is 8.56. The lowest BCUT2D eigenvalue weighted by molar-refractivity contribution is 0.0221. The molecular formula is C19H24ClN3O2. The number of nitrogens with one attached hydrogen (secondary N) is 1. The van der Waals surface area contributed by atoms with Crippen molar-refractivity contribution in [1.29, 1.82) is 0 Å². The summed E-state index contributed by atoms with van der Waals surface area (Å²) in [7, 11) is 0. The molecule has 2 heterocycles. The molecule has 1 unspecified atom stereocenters. The van der Waals surface area contributed by atoms with Crippen LogP contribution in [-0.4, -0.2) is 33.3 Å². The molecule has 2 aromatic rings. The van der Waals surface area contributed by atoms with Gasteiger partial charge in [0.15, 0.2) is 0 Å². The van der Waals surface area contributed by atoms with Gasteiger partial charge in [0.2, 0.25) is 0 Å². The van der Waals surface area contributed by atoms with Crippen molar-refractivity contribution in [2.45, 2.75) is 52.2 Å². The van der Waals surface area contributed by atoms with E-state index >= 15 is 0 Å². The zero-order valence-electron chi connectivity index (χ0n) is 15.1. The van der Waals surface area contributed by atoms with Crippen LogP contribution in [0.1, 0.15) is 50.9 Å². The van der Waals surface area contributed by atoms with Crippen LogP contribution >= 0.6 is 11.6 Å². The summed E-state index contributed by atoms with van der Waals surface area (Å²) in [6, 6.07) is 7.76. The van der Waals surface area contributed by atoms with Crippen LogP contribution < -0.4 is 0 Å². The van der Waals surface area contributed by atoms with Crippen LogP contribution in [0.25, 0.3) is 11.3 Å². The first-order valence-corrected chi connectivity index (χ1v) is 8.94. The zero-order chi connectivity index (χ0) is 18.2. The van der Waals surface area contributed by atoms with E-state index in [9.17, 15) is 4.79 Å². The van der Waals surface area contributed by atoms with Gasteiger partial charge >= 0.3 is 6.09 Å². The Morgan fingerprint density at radius 3 is 2.88 bits per heavy atom. The van der Waals surface area contributed by atoms with Gasteiger partial charge in [-0.25, -0.2) is 4.79 Å². The Kier molecular flexibility index (Phi) is 4.78. The number of carbonyl (C=O) groups excluding carboxylic acids is 1. The highest BCUT2D eigenvalue weighted by atomic mass is 35.5. The average molecular weight is 362 g/mol. The van der Waals surface area contributed by atoms with Crippen molar-refractivity contribution in [3.05, 3.63) is 40.5 Å². The molecule has 6 heteroatoms. The maximum absolute atomic E-state index is 12.5. The molecule has 0 bridgehead atoms. The summed E-state index contributed by atoms with van der Waals surface area (Å²) in [5, 5.41) is 8.26. The van der Waals surface area contributed by atoms with Crippen molar-refractivity contribution < 1.29 is 9.53 Å². The Morgan fingerprint density at radius 2 is 2.16 bits per heavy atom. The number of aromatic amines is 1. The summed E-state index contributed by atoms with van der Waals surface area (Å²) in [4.78, 5) is 14.3. The largest absolute Gasteiger partial charge is 0.444 e. The number of rotatable bonds is 2. The Morgan fingerprint density at radius 1 is 1.40 bits per heavy atom. The molecule has 1 N–H and O–H groups in total. The van der Waals surface area contributed by atoms with Gasteiger partial charge in [-0.05, 0) is 58.2 Å². The van der Waals surface area contributed by atoms with E-state index in [-0.39, 0.29) is 12.1 Å². The fraction of sp³-hybridized carbons (Fsp3) is 0.474. The number of amides is 1. The van der Waals surface area contributed by atoms with E-state index in [4.69, 9.17) is 16.3 Å². The summed E-state index contributed by atoms with van der Waals surface area (Å²) in [6.45, 7) is 8.32. The third kappa shape index (κ3) is 3.82. The lowest BCUT2D eigenvalue weighted by Gasteiger charge is -2.28. The van der Waals surface area contributed by atoms with Crippen LogP contribution in [0.3, 0.4) is 0 Å². The summed E-state index contributed by atoms with van der Waals surface area (Å²) >= 11 is 6.22. The van der Waals surface area contributed by atoms with Crippen LogP contribution in [0.4, 0.5) is 4.79 Å². The van der Waals surface area contributed by atoms with E-state index in [2.05, 4.69) is 10.2 Å². The first kappa shape index (κ1) is 17.8. The predicted molar refractivity (Wildman–Crippen MR) is 98.7 cm³/mol. The SMILES string of the molecule is Cc1c(Cl)cccc1-c1cc(C2CCCN2C(=O)OC(C)(C)C)[nH]n1. The van der Waals surface area contributed by atoms with E-state index < -0.39 is 5.60 Å². The van der Waals surface area contributed by atoms with Crippen molar-refractivity contribution in [3.8, 4) is 11.3 Å². The van der Waals surface area contributed by atoms with Gasteiger partial charge in [-0.1, -0.05) is 23.7 Å². The number of benzene rings is 1. The lowest BCUT2D eigenvalue weighted by Crippen LogP contribution is -2.36. The van der Waals surface area contributed by atoms with Crippen molar-refractivity contribution in [3.63, 3.8) is 0 Å². The molecule has 5 nitrogen and oxygen atoms in total. The molecule has 0 aliphatic carbocycles. The molecule has 1 aliphatic heterocycles. The third-order valence-corrected chi connectivity index (χ3v) is 4.79. The number of likely N-dealkylation sites (tertiary alicyclic amines) is 1. The number of H-pyrrole nitrogens is 1. The van der Waals surface area contributed by atoms with Gasteiger partial charge in [-0.15, -0.1) is 0 Å².